The van der Waals surface area contributed by atoms with Crippen LogP contribution in [0.4, 0.5) is 0 Å². The molecule has 0 unspecified atom stereocenters. The van der Waals surface area contributed by atoms with Crippen molar-refractivity contribution >= 4 is 5.78 Å². The highest BCUT2D eigenvalue weighted by molar-refractivity contribution is 5.87. The maximum atomic E-state index is 10.7. The summed E-state index contributed by atoms with van der Waals surface area (Å²) in [5.41, 5.74) is 0. The van der Waals surface area contributed by atoms with Crippen molar-refractivity contribution in [3.63, 3.8) is 0 Å². The summed E-state index contributed by atoms with van der Waals surface area (Å²) in [5, 5.41) is 9.51. The van der Waals surface area contributed by atoms with Crippen LogP contribution in [0.3, 0.4) is 0 Å². The van der Waals surface area contributed by atoms with E-state index in [2.05, 4.69) is 0 Å². The van der Waals surface area contributed by atoms with Gasteiger partial charge in [0.2, 0.25) is 0 Å². The predicted octanol–water partition coefficient (Wildman–Crippen LogP) is 2.10. The molecule has 0 saturated heterocycles. The van der Waals surface area contributed by atoms with Crippen LogP contribution in [0.15, 0.2) is 12.0 Å². The van der Waals surface area contributed by atoms with Crippen LogP contribution in [0, 0.1) is 0 Å². The van der Waals surface area contributed by atoms with Crippen molar-refractivity contribution in [3.05, 3.63) is 12.0 Å². The number of aliphatic hydroxyl groups is 1. The van der Waals surface area contributed by atoms with Gasteiger partial charge in [-0.25, -0.2) is 0 Å². The summed E-state index contributed by atoms with van der Waals surface area (Å²) in [6.45, 7) is 7.12. The van der Waals surface area contributed by atoms with Crippen LogP contribution < -0.4 is 0 Å². The van der Waals surface area contributed by atoms with E-state index in [1.54, 1.807) is 0 Å². The van der Waals surface area contributed by atoms with E-state index in [-0.39, 0.29) is 11.7 Å². The molecule has 0 radical (unpaired) electrons. The van der Waals surface area contributed by atoms with E-state index in [0.717, 1.165) is 25.9 Å². The molecular formula is C10H19NO2. The molecule has 0 bridgehead atoms. The molecule has 0 aliphatic rings. The van der Waals surface area contributed by atoms with Crippen LogP contribution in [-0.4, -0.2) is 28.9 Å². The Morgan fingerprint density at radius 3 is 2.08 bits per heavy atom. The monoisotopic (exact) mass is 185 g/mol. The molecule has 0 heterocycles. The molecule has 0 amide bonds. The maximum absolute atomic E-state index is 10.7. The molecule has 0 saturated carbocycles. The normalized spacial score (nSPS) is 11.5. The number of carbonyl (C=O) groups excluding carboxylic acids is 1. The van der Waals surface area contributed by atoms with Gasteiger partial charge in [0.1, 0.15) is 0 Å². The molecule has 0 aromatic heterocycles. The predicted molar refractivity (Wildman–Crippen MR) is 53.5 cm³/mol. The third-order valence-electron chi connectivity index (χ3n) is 1.64. The van der Waals surface area contributed by atoms with E-state index >= 15 is 0 Å². The number of nitrogens with zero attached hydrogens (tertiary/aromatic N) is 1. The van der Waals surface area contributed by atoms with Crippen molar-refractivity contribution in [1.82, 2.24) is 4.90 Å². The summed E-state index contributed by atoms with van der Waals surface area (Å²) >= 11 is 0. The summed E-state index contributed by atoms with van der Waals surface area (Å²) in [4.78, 5) is 12.5. The SMILES string of the molecule is CCCN(CCC)/C(O)=C/C(C)=O. The second-order valence-corrected chi connectivity index (χ2v) is 3.10. The van der Waals surface area contributed by atoms with Crippen molar-refractivity contribution in [1.29, 1.82) is 0 Å². The Balaban J connectivity index is 4.25. The van der Waals surface area contributed by atoms with E-state index in [1.807, 2.05) is 18.7 Å². The Bertz CT molecular complexity index is 181. The Morgan fingerprint density at radius 2 is 1.77 bits per heavy atom. The van der Waals surface area contributed by atoms with Crippen LogP contribution in [0.2, 0.25) is 0 Å². The highest BCUT2D eigenvalue weighted by Crippen LogP contribution is 2.03. The number of ketones is 1. The van der Waals surface area contributed by atoms with Gasteiger partial charge in [-0.3, -0.25) is 4.79 Å². The minimum absolute atomic E-state index is 0.0937. The summed E-state index contributed by atoms with van der Waals surface area (Å²) in [7, 11) is 0. The summed E-state index contributed by atoms with van der Waals surface area (Å²) in [6.07, 6.45) is 3.21. The summed E-state index contributed by atoms with van der Waals surface area (Å²) in [6, 6.07) is 0. The number of aliphatic hydroxyl groups excluding tert-OH is 1. The van der Waals surface area contributed by atoms with Gasteiger partial charge in [-0.15, -0.1) is 0 Å². The molecule has 13 heavy (non-hydrogen) atoms. The fraction of sp³-hybridized carbons (Fsp3) is 0.700. The number of carbonyl (C=O) groups is 1. The van der Waals surface area contributed by atoms with Crippen LogP contribution >= 0.6 is 0 Å². The third-order valence-corrected chi connectivity index (χ3v) is 1.64. The highest BCUT2D eigenvalue weighted by Gasteiger charge is 2.05. The van der Waals surface area contributed by atoms with E-state index < -0.39 is 0 Å². The number of allylic oxidation sites excluding steroid dienone is 1. The first kappa shape index (κ1) is 12.0. The smallest absolute Gasteiger partial charge is 0.190 e. The van der Waals surface area contributed by atoms with Crippen molar-refractivity contribution in [2.24, 2.45) is 0 Å². The fourth-order valence-electron chi connectivity index (χ4n) is 1.15. The summed E-state index contributed by atoms with van der Waals surface area (Å²) < 4.78 is 0. The Morgan fingerprint density at radius 1 is 1.31 bits per heavy atom. The van der Waals surface area contributed by atoms with Crippen molar-refractivity contribution in [2.75, 3.05) is 13.1 Å². The summed E-state index contributed by atoms with van der Waals surface area (Å²) in [5.74, 6) is -0.0223. The molecule has 1 N–H and O–H groups in total. The molecule has 0 atom stereocenters. The standard InChI is InChI=1S/C10H19NO2/c1-4-6-11(7-5-2)10(13)8-9(3)12/h8,13H,4-7H2,1-3H3/b10-8-. The van der Waals surface area contributed by atoms with Gasteiger partial charge in [-0.2, -0.15) is 0 Å². The maximum Gasteiger partial charge on any atom is 0.190 e. The highest BCUT2D eigenvalue weighted by atomic mass is 16.3. The van der Waals surface area contributed by atoms with E-state index in [9.17, 15) is 9.90 Å². The van der Waals surface area contributed by atoms with E-state index in [0.29, 0.717) is 0 Å². The first-order valence-electron chi connectivity index (χ1n) is 4.78. The molecule has 0 aromatic carbocycles. The molecule has 3 nitrogen and oxygen atoms in total. The lowest BCUT2D eigenvalue weighted by Crippen LogP contribution is -2.25. The number of hydrogen-bond acceptors (Lipinski definition) is 3. The third kappa shape index (κ3) is 5.28. The Kier molecular flexibility index (Phi) is 6.02. The molecule has 0 spiro atoms. The molecular weight excluding hydrogens is 166 g/mol. The van der Waals surface area contributed by atoms with Crippen LogP contribution in [-0.2, 0) is 4.79 Å². The van der Waals surface area contributed by atoms with Crippen LogP contribution in [0.1, 0.15) is 33.6 Å². The average molecular weight is 185 g/mol. The molecule has 0 rings (SSSR count). The topological polar surface area (TPSA) is 40.5 Å². The van der Waals surface area contributed by atoms with Gasteiger partial charge < -0.3 is 10.0 Å². The van der Waals surface area contributed by atoms with Crippen LogP contribution in [0.25, 0.3) is 0 Å². The minimum Gasteiger partial charge on any atom is -0.495 e. The Labute approximate surface area is 80.0 Å². The van der Waals surface area contributed by atoms with Gasteiger partial charge >= 0.3 is 0 Å². The van der Waals surface area contributed by atoms with Gasteiger partial charge in [0, 0.05) is 19.2 Å². The minimum atomic E-state index is -0.116. The van der Waals surface area contributed by atoms with Crippen molar-refractivity contribution in [3.8, 4) is 0 Å². The molecule has 0 aliphatic carbocycles. The first-order valence-corrected chi connectivity index (χ1v) is 4.78. The average Bonchev–Trinajstić information content (AvgIpc) is 2.02. The molecule has 0 aromatic rings. The van der Waals surface area contributed by atoms with Crippen molar-refractivity contribution < 1.29 is 9.90 Å². The van der Waals surface area contributed by atoms with Crippen molar-refractivity contribution in [2.45, 2.75) is 33.6 Å². The zero-order valence-electron chi connectivity index (χ0n) is 8.71. The Hall–Kier alpha value is -0.990. The van der Waals surface area contributed by atoms with E-state index in [1.165, 1.54) is 13.0 Å². The largest absolute Gasteiger partial charge is 0.495 e. The van der Waals surface area contributed by atoms with Gasteiger partial charge in [0.25, 0.3) is 0 Å². The molecule has 3 heteroatoms. The second kappa shape index (κ2) is 6.52. The van der Waals surface area contributed by atoms with Gasteiger partial charge in [-0.05, 0) is 19.8 Å². The zero-order chi connectivity index (χ0) is 10.3. The van der Waals surface area contributed by atoms with Gasteiger partial charge in [0.15, 0.2) is 11.7 Å². The molecule has 0 fully saturated rings. The molecule has 76 valence electrons. The lowest BCUT2D eigenvalue weighted by Gasteiger charge is -2.21. The first-order chi connectivity index (χ1) is 6.11. The second-order valence-electron chi connectivity index (χ2n) is 3.10. The van der Waals surface area contributed by atoms with E-state index in [4.69, 9.17) is 0 Å². The lowest BCUT2D eigenvalue weighted by atomic mass is 10.3. The lowest BCUT2D eigenvalue weighted by molar-refractivity contribution is -0.112. The van der Waals surface area contributed by atoms with Crippen LogP contribution in [0.5, 0.6) is 0 Å². The fourth-order valence-corrected chi connectivity index (χ4v) is 1.15. The zero-order valence-corrected chi connectivity index (χ0v) is 8.71. The number of rotatable bonds is 6. The van der Waals surface area contributed by atoms with Gasteiger partial charge in [0.05, 0.1) is 0 Å². The molecule has 0 aliphatic heterocycles. The van der Waals surface area contributed by atoms with Gasteiger partial charge in [-0.1, -0.05) is 13.8 Å². The number of hydrogen-bond donors (Lipinski definition) is 1. The quantitative estimate of drug-likeness (QED) is 0.509.